The van der Waals surface area contributed by atoms with Crippen molar-refractivity contribution >= 4 is 28.3 Å². The highest BCUT2D eigenvalue weighted by atomic mass is 32.1. The van der Waals surface area contributed by atoms with E-state index in [-0.39, 0.29) is 5.91 Å². The van der Waals surface area contributed by atoms with E-state index in [0.717, 1.165) is 16.1 Å². The third kappa shape index (κ3) is 3.30. The summed E-state index contributed by atoms with van der Waals surface area (Å²) in [5.74, 6) is 0.514. The molecule has 2 rings (SSSR count). The first-order valence-corrected chi connectivity index (χ1v) is 7.42. The number of likely N-dealkylation sites (N-methyl/N-ethyl adjacent to an activating group) is 2. The summed E-state index contributed by atoms with van der Waals surface area (Å²) in [6.45, 7) is 3.01. The van der Waals surface area contributed by atoms with Gasteiger partial charge in [-0.15, -0.1) is 0 Å². The Balaban J connectivity index is 2.37. The van der Waals surface area contributed by atoms with Crippen molar-refractivity contribution in [3.05, 3.63) is 24.5 Å². The van der Waals surface area contributed by atoms with Gasteiger partial charge >= 0.3 is 0 Å². The molecule has 112 valence electrons. The van der Waals surface area contributed by atoms with Gasteiger partial charge < -0.3 is 15.5 Å². The van der Waals surface area contributed by atoms with Crippen LogP contribution in [0.1, 0.15) is 6.92 Å². The lowest BCUT2D eigenvalue weighted by atomic mass is 10.1. The van der Waals surface area contributed by atoms with Crippen LogP contribution in [0.4, 0.5) is 10.8 Å². The van der Waals surface area contributed by atoms with Gasteiger partial charge in [0.25, 0.3) is 0 Å². The lowest BCUT2D eigenvalue weighted by molar-refractivity contribution is -0.127. The molecule has 0 unspecified atom stereocenters. The summed E-state index contributed by atoms with van der Waals surface area (Å²) >= 11 is 1.31. The number of amides is 1. The zero-order valence-electron chi connectivity index (χ0n) is 12.4. The minimum atomic E-state index is 0.0426. The van der Waals surface area contributed by atoms with E-state index >= 15 is 0 Å². The molecule has 0 saturated carbocycles. The molecule has 0 bridgehead atoms. The van der Waals surface area contributed by atoms with Crippen LogP contribution in [0.5, 0.6) is 0 Å². The van der Waals surface area contributed by atoms with Gasteiger partial charge in [-0.05, 0) is 24.5 Å². The SMILES string of the molecule is CCN(CC(=O)N(C)C)c1snc(N)c1-c1cccnc1. The molecule has 0 saturated heterocycles. The lowest BCUT2D eigenvalue weighted by Crippen LogP contribution is -2.36. The molecule has 7 heteroatoms. The van der Waals surface area contributed by atoms with Gasteiger partial charge in [0.05, 0.1) is 12.1 Å². The van der Waals surface area contributed by atoms with E-state index in [1.165, 1.54) is 11.5 Å². The van der Waals surface area contributed by atoms with Crippen molar-refractivity contribution in [3.8, 4) is 11.1 Å². The van der Waals surface area contributed by atoms with E-state index < -0.39 is 0 Å². The molecule has 1 amide bonds. The second-order valence-electron chi connectivity index (χ2n) is 4.79. The van der Waals surface area contributed by atoms with Crippen LogP contribution >= 0.6 is 11.5 Å². The van der Waals surface area contributed by atoms with Crippen molar-refractivity contribution in [3.63, 3.8) is 0 Å². The molecule has 0 aromatic carbocycles. The predicted molar refractivity (Wildman–Crippen MR) is 86.3 cm³/mol. The number of hydrogen-bond acceptors (Lipinski definition) is 6. The Morgan fingerprint density at radius 3 is 2.76 bits per heavy atom. The van der Waals surface area contributed by atoms with Gasteiger partial charge in [-0.3, -0.25) is 9.78 Å². The molecule has 0 fully saturated rings. The third-order valence-electron chi connectivity index (χ3n) is 3.14. The molecule has 2 aromatic rings. The zero-order valence-corrected chi connectivity index (χ0v) is 13.2. The van der Waals surface area contributed by atoms with Gasteiger partial charge in [-0.2, -0.15) is 4.37 Å². The fourth-order valence-corrected chi connectivity index (χ4v) is 2.82. The number of aromatic nitrogens is 2. The number of anilines is 2. The Labute approximate surface area is 128 Å². The average Bonchev–Trinajstić information content (AvgIpc) is 2.86. The number of nitrogens with two attached hydrogens (primary N) is 1. The standard InChI is InChI=1S/C14H19N5OS/c1-4-19(9-11(20)18(2)3)14-12(13(15)17-21-14)10-6-5-7-16-8-10/h5-8H,4,9H2,1-3H3,(H2,15,17). The van der Waals surface area contributed by atoms with Crippen molar-refractivity contribution < 1.29 is 4.79 Å². The van der Waals surface area contributed by atoms with Gasteiger partial charge in [0.2, 0.25) is 5.91 Å². The molecule has 0 atom stereocenters. The Bertz CT molecular complexity index is 611. The number of hydrogen-bond donors (Lipinski definition) is 1. The molecule has 6 nitrogen and oxygen atoms in total. The summed E-state index contributed by atoms with van der Waals surface area (Å²) in [5, 5.41) is 0.901. The minimum Gasteiger partial charge on any atom is -0.382 e. The second-order valence-corrected chi connectivity index (χ2v) is 5.54. The number of carbonyl (C=O) groups is 1. The monoisotopic (exact) mass is 305 g/mol. The summed E-state index contributed by atoms with van der Waals surface area (Å²) in [7, 11) is 3.50. The molecular weight excluding hydrogens is 286 g/mol. The maximum Gasteiger partial charge on any atom is 0.241 e. The van der Waals surface area contributed by atoms with Crippen LogP contribution in [0, 0.1) is 0 Å². The summed E-state index contributed by atoms with van der Waals surface area (Å²) in [6, 6.07) is 3.80. The van der Waals surface area contributed by atoms with Crippen LogP contribution in [0.2, 0.25) is 0 Å². The number of pyridine rings is 1. The fraction of sp³-hybridized carbons (Fsp3) is 0.357. The zero-order chi connectivity index (χ0) is 15.4. The van der Waals surface area contributed by atoms with Crippen molar-refractivity contribution in [2.24, 2.45) is 0 Å². The molecule has 2 N–H and O–H groups in total. The Morgan fingerprint density at radius 2 is 2.19 bits per heavy atom. The van der Waals surface area contributed by atoms with Crippen LogP contribution in [0.3, 0.4) is 0 Å². The Kier molecular flexibility index (Phi) is 4.74. The quantitative estimate of drug-likeness (QED) is 0.910. The minimum absolute atomic E-state index is 0.0426. The molecule has 0 aliphatic carbocycles. The van der Waals surface area contributed by atoms with Crippen LogP contribution < -0.4 is 10.6 Å². The number of nitrogen functional groups attached to an aromatic ring is 1. The van der Waals surface area contributed by atoms with Crippen LogP contribution in [-0.4, -0.2) is 47.3 Å². The maximum absolute atomic E-state index is 12.0. The third-order valence-corrected chi connectivity index (χ3v) is 4.07. The van der Waals surface area contributed by atoms with Crippen molar-refractivity contribution in [1.29, 1.82) is 0 Å². The van der Waals surface area contributed by atoms with Crippen molar-refractivity contribution in [2.45, 2.75) is 6.92 Å². The largest absolute Gasteiger partial charge is 0.382 e. The summed E-state index contributed by atoms with van der Waals surface area (Å²) in [6.07, 6.45) is 3.47. The topological polar surface area (TPSA) is 75.4 Å². The molecule has 2 heterocycles. The number of carbonyl (C=O) groups excluding carboxylic acids is 1. The molecule has 2 aromatic heterocycles. The van der Waals surface area contributed by atoms with E-state index in [9.17, 15) is 4.79 Å². The van der Waals surface area contributed by atoms with Gasteiger partial charge in [0, 0.05) is 38.6 Å². The predicted octanol–water partition coefficient (Wildman–Crippen LogP) is 1.70. The van der Waals surface area contributed by atoms with E-state index in [1.54, 1.807) is 31.4 Å². The first kappa shape index (κ1) is 15.2. The average molecular weight is 305 g/mol. The van der Waals surface area contributed by atoms with Crippen LogP contribution in [-0.2, 0) is 4.79 Å². The Morgan fingerprint density at radius 1 is 1.43 bits per heavy atom. The van der Waals surface area contributed by atoms with Gasteiger partial charge in [-0.1, -0.05) is 6.07 Å². The lowest BCUT2D eigenvalue weighted by Gasteiger charge is -2.23. The molecule has 0 radical (unpaired) electrons. The number of rotatable bonds is 5. The number of nitrogens with zero attached hydrogens (tertiary/aromatic N) is 4. The van der Waals surface area contributed by atoms with E-state index in [4.69, 9.17) is 5.73 Å². The smallest absolute Gasteiger partial charge is 0.241 e. The first-order valence-electron chi connectivity index (χ1n) is 6.65. The summed E-state index contributed by atoms with van der Waals surface area (Å²) in [4.78, 5) is 19.7. The molecule has 0 aliphatic rings. The van der Waals surface area contributed by atoms with Crippen LogP contribution in [0.25, 0.3) is 11.1 Å². The van der Waals surface area contributed by atoms with Gasteiger partial charge in [0.15, 0.2) is 0 Å². The molecule has 0 spiro atoms. The highest BCUT2D eigenvalue weighted by Gasteiger charge is 2.20. The molecule has 21 heavy (non-hydrogen) atoms. The summed E-state index contributed by atoms with van der Waals surface area (Å²) in [5.41, 5.74) is 7.77. The second kappa shape index (κ2) is 6.53. The maximum atomic E-state index is 12.0. The first-order chi connectivity index (χ1) is 10.0. The highest BCUT2D eigenvalue weighted by Crippen LogP contribution is 2.38. The normalized spacial score (nSPS) is 10.4. The molecule has 0 aliphatic heterocycles. The van der Waals surface area contributed by atoms with Gasteiger partial charge in [-0.25, -0.2) is 0 Å². The van der Waals surface area contributed by atoms with E-state index in [0.29, 0.717) is 18.9 Å². The van der Waals surface area contributed by atoms with Crippen molar-refractivity contribution in [2.75, 3.05) is 37.8 Å². The summed E-state index contributed by atoms with van der Waals surface area (Å²) < 4.78 is 4.24. The van der Waals surface area contributed by atoms with Gasteiger partial charge in [0.1, 0.15) is 10.8 Å². The van der Waals surface area contributed by atoms with Crippen molar-refractivity contribution in [1.82, 2.24) is 14.3 Å². The highest BCUT2D eigenvalue weighted by molar-refractivity contribution is 7.11. The van der Waals surface area contributed by atoms with Crippen LogP contribution in [0.15, 0.2) is 24.5 Å². The molecular formula is C14H19N5OS. The van der Waals surface area contributed by atoms with E-state index in [1.807, 2.05) is 24.0 Å². The Hall–Kier alpha value is -2.15. The van der Waals surface area contributed by atoms with E-state index in [2.05, 4.69) is 9.36 Å². The fourth-order valence-electron chi connectivity index (χ4n) is 1.92.